The van der Waals surface area contributed by atoms with Gasteiger partial charge in [-0.25, -0.2) is 0 Å². The van der Waals surface area contributed by atoms with Crippen LogP contribution in [0, 0.1) is 6.92 Å². The van der Waals surface area contributed by atoms with E-state index in [0.29, 0.717) is 0 Å². The van der Waals surface area contributed by atoms with Gasteiger partial charge in [0.05, 0.1) is 0 Å². The topological polar surface area (TPSA) is 0 Å². The van der Waals surface area contributed by atoms with Crippen LogP contribution in [0.15, 0.2) is 28.5 Å². The molecule has 3 heteroatoms. The Labute approximate surface area is 114 Å². The number of thioether (sulfide) groups is 1. The van der Waals surface area contributed by atoms with Gasteiger partial charge in [0.1, 0.15) is 0 Å². The molecule has 1 rings (SSSR count). The number of thiol groups is 2. The summed E-state index contributed by atoms with van der Waals surface area (Å²) in [5.41, 5.74) is 2.45. The first-order valence-electron chi connectivity index (χ1n) is 5.46. The third kappa shape index (κ3) is 4.11. The molecule has 0 nitrogen and oxygen atoms in total. The normalized spacial score (nSPS) is 11.9. The number of hydrogen-bond acceptors (Lipinski definition) is 3. The summed E-state index contributed by atoms with van der Waals surface area (Å²) >= 11 is 10.5. The van der Waals surface area contributed by atoms with Gasteiger partial charge in [0.25, 0.3) is 0 Å². The zero-order valence-corrected chi connectivity index (χ0v) is 12.3. The van der Waals surface area contributed by atoms with E-state index >= 15 is 0 Å². The fourth-order valence-corrected chi connectivity index (χ4v) is 2.91. The Balaban J connectivity index is 2.89. The molecule has 0 unspecified atom stereocenters. The minimum Gasteiger partial charge on any atom is -0.150 e. The molecule has 16 heavy (non-hydrogen) atoms. The molecule has 0 aromatic heterocycles. The second-order valence-corrected chi connectivity index (χ2v) is 5.59. The maximum absolute atomic E-state index is 4.45. The van der Waals surface area contributed by atoms with E-state index < -0.39 is 0 Å². The molecule has 0 fully saturated rings. The second kappa shape index (κ2) is 7.36. The van der Waals surface area contributed by atoms with E-state index in [9.17, 15) is 0 Å². The molecule has 0 aliphatic rings. The molecule has 0 atom stereocenters. The van der Waals surface area contributed by atoms with Gasteiger partial charge in [-0.3, -0.25) is 0 Å². The van der Waals surface area contributed by atoms with Gasteiger partial charge in [0.2, 0.25) is 0 Å². The molecular weight excluding hydrogens is 252 g/mol. The third-order valence-electron chi connectivity index (χ3n) is 2.29. The van der Waals surface area contributed by atoms with Crippen LogP contribution in [0.5, 0.6) is 0 Å². The highest BCUT2D eigenvalue weighted by Crippen LogP contribution is 2.31. The van der Waals surface area contributed by atoms with E-state index in [1.807, 2.05) is 11.8 Å². The lowest BCUT2D eigenvalue weighted by Crippen LogP contribution is -1.87. The molecular formula is C13H18S3. The van der Waals surface area contributed by atoms with Crippen molar-refractivity contribution in [3.63, 3.8) is 0 Å². The standard InChI is InChI=1S/C13H18S3/c1-3-4-7-16-13-6-5-10(2)8-11(13)12(15)9-14/h5-6,8-9,14-15H,3-4,7H2,1-2H3. The van der Waals surface area contributed by atoms with Gasteiger partial charge in [-0.2, -0.15) is 12.6 Å². The molecule has 0 N–H and O–H groups in total. The van der Waals surface area contributed by atoms with E-state index in [1.165, 1.54) is 34.6 Å². The highest BCUT2D eigenvalue weighted by molar-refractivity contribution is 7.99. The maximum atomic E-state index is 4.45. The lowest BCUT2D eigenvalue weighted by atomic mass is 10.1. The van der Waals surface area contributed by atoms with Crippen LogP contribution in [0.4, 0.5) is 0 Å². The van der Waals surface area contributed by atoms with E-state index in [1.54, 1.807) is 5.41 Å². The van der Waals surface area contributed by atoms with Crippen LogP contribution in [-0.2, 0) is 0 Å². The molecule has 0 aliphatic heterocycles. The molecule has 1 aromatic carbocycles. The Kier molecular flexibility index (Phi) is 6.47. The molecule has 88 valence electrons. The van der Waals surface area contributed by atoms with Crippen molar-refractivity contribution in [2.75, 3.05) is 5.75 Å². The quantitative estimate of drug-likeness (QED) is 0.429. The van der Waals surface area contributed by atoms with E-state index in [-0.39, 0.29) is 0 Å². The van der Waals surface area contributed by atoms with Crippen molar-refractivity contribution in [3.05, 3.63) is 34.7 Å². The summed E-state index contributed by atoms with van der Waals surface area (Å²) in [6, 6.07) is 6.50. The average molecular weight is 270 g/mol. The van der Waals surface area contributed by atoms with Crippen LogP contribution in [-0.4, -0.2) is 5.75 Å². The molecule has 0 saturated carbocycles. The summed E-state index contributed by atoms with van der Waals surface area (Å²) in [6.07, 6.45) is 2.49. The van der Waals surface area contributed by atoms with Crippen molar-refractivity contribution in [2.45, 2.75) is 31.6 Å². The van der Waals surface area contributed by atoms with Crippen LogP contribution < -0.4 is 0 Å². The van der Waals surface area contributed by atoms with Gasteiger partial charge in [0.15, 0.2) is 0 Å². The lowest BCUT2D eigenvalue weighted by molar-refractivity contribution is 0.896. The van der Waals surface area contributed by atoms with Gasteiger partial charge in [-0.15, -0.1) is 24.4 Å². The minimum atomic E-state index is 0.936. The number of rotatable bonds is 5. The fourth-order valence-electron chi connectivity index (χ4n) is 1.37. The first kappa shape index (κ1) is 14.1. The van der Waals surface area contributed by atoms with Gasteiger partial charge in [-0.1, -0.05) is 25.0 Å². The Hall–Kier alpha value is 0.01000. The largest absolute Gasteiger partial charge is 0.150 e. The van der Waals surface area contributed by atoms with Crippen molar-refractivity contribution in [3.8, 4) is 0 Å². The monoisotopic (exact) mass is 270 g/mol. The van der Waals surface area contributed by atoms with E-state index in [2.05, 4.69) is 57.3 Å². The van der Waals surface area contributed by atoms with E-state index in [0.717, 1.165) is 4.91 Å². The predicted octanol–water partition coefficient (Wildman–Crippen LogP) is 5.05. The van der Waals surface area contributed by atoms with Crippen LogP contribution in [0.1, 0.15) is 30.9 Å². The highest BCUT2D eigenvalue weighted by atomic mass is 32.2. The Morgan fingerprint density at radius 2 is 2.19 bits per heavy atom. The van der Waals surface area contributed by atoms with Gasteiger partial charge >= 0.3 is 0 Å². The summed E-state index contributed by atoms with van der Waals surface area (Å²) < 4.78 is 0. The Morgan fingerprint density at radius 1 is 1.44 bits per heavy atom. The van der Waals surface area contributed by atoms with Crippen LogP contribution in [0.25, 0.3) is 4.91 Å². The zero-order chi connectivity index (χ0) is 12.0. The predicted molar refractivity (Wildman–Crippen MR) is 82.8 cm³/mol. The minimum absolute atomic E-state index is 0.936. The van der Waals surface area contributed by atoms with E-state index in [4.69, 9.17) is 0 Å². The van der Waals surface area contributed by atoms with Gasteiger partial charge in [-0.05, 0) is 36.6 Å². The summed E-state index contributed by atoms with van der Waals surface area (Å²) in [5.74, 6) is 1.17. The number of benzene rings is 1. The first-order valence-corrected chi connectivity index (χ1v) is 7.41. The molecule has 0 aliphatic carbocycles. The first-order chi connectivity index (χ1) is 7.69. The molecule has 1 aromatic rings. The van der Waals surface area contributed by atoms with Gasteiger partial charge in [0, 0.05) is 15.4 Å². The summed E-state index contributed by atoms with van der Waals surface area (Å²) in [6.45, 7) is 4.32. The molecule has 0 heterocycles. The molecule has 0 amide bonds. The summed E-state index contributed by atoms with van der Waals surface area (Å²) in [4.78, 5) is 2.24. The number of unbranched alkanes of at least 4 members (excludes halogenated alkanes) is 1. The van der Waals surface area contributed by atoms with Crippen LogP contribution >= 0.6 is 37.0 Å². The fraction of sp³-hybridized carbons (Fsp3) is 0.385. The number of hydrogen-bond donors (Lipinski definition) is 2. The second-order valence-electron chi connectivity index (χ2n) is 3.72. The Morgan fingerprint density at radius 3 is 2.81 bits per heavy atom. The zero-order valence-electron chi connectivity index (χ0n) is 9.73. The molecule has 0 spiro atoms. The Bertz CT molecular complexity index is 369. The maximum Gasteiger partial charge on any atom is 0.0185 e. The van der Waals surface area contributed by atoms with Crippen molar-refractivity contribution in [2.24, 2.45) is 0 Å². The number of aryl methyl sites for hydroxylation is 1. The lowest BCUT2D eigenvalue weighted by Gasteiger charge is -2.09. The van der Waals surface area contributed by atoms with Gasteiger partial charge < -0.3 is 0 Å². The van der Waals surface area contributed by atoms with Crippen molar-refractivity contribution in [1.82, 2.24) is 0 Å². The van der Waals surface area contributed by atoms with Crippen molar-refractivity contribution < 1.29 is 0 Å². The molecule has 0 saturated heterocycles. The average Bonchev–Trinajstić information content (AvgIpc) is 2.30. The van der Waals surface area contributed by atoms with Crippen molar-refractivity contribution >= 4 is 41.9 Å². The summed E-state index contributed by atoms with van der Waals surface area (Å²) in [7, 11) is 0. The third-order valence-corrected chi connectivity index (χ3v) is 4.28. The molecule has 0 radical (unpaired) electrons. The summed E-state index contributed by atoms with van der Waals surface area (Å²) in [5, 5.41) is 1.75. The van der Waals surface area contributed by atoms with Crippen LogP contribution in [0.2, 0.25) is 0 Å². The van der Waals surface area contributed by atoms with Crippen molar-refractivity contribution in [1.29, 1.82) is 0 Å². The highest BCUT2D eigenvalue weighted by Gasteiger charge is 2.05. The van der Waals surface area contributed by atoms with Crippen LogP contribution in [0.3, 0.4) is 0 Å². The SMILES string of the molecule is CCCCSc1ccc(C)cc1C(S)=CS. The molecule has 0 bridgehead atoms. The smallest absolute Gasteiger partial charge is 0.0185 e.